The normalized spacial score (nSPS) is 11.0. The lowest BCUT2D eigenvalue weighted by Crippen LogP contribution is -2.44. The molecule has 0 unspecified atom stereocenters. The van der Waals surface area contributed by atoms with Crippen molar-refractivity contribution in [2.45, 2.75) is 19.4 Å². The van der Waals surface area contributed by atoms with E-state index in [1.165, 1.54) is 6.07 Å². The molecule has 1 N–H and O–H groups in total. The molecule has 0 aliphatic rings. The molecule has 2 amide bonds. The second-order valence-electron chi connectivity index (χ2n) is 9.11. The minimum Gasteiger partial charge on any atom is -0.385 e. The number of methoxy groups -OCH3 is 1. The predicted octanol–water partition coefficient (Wildman–Crippen LogP) is 6.22. The summed E-state index contributed by atoms with van der Waals surface area (Å²) in [5.41, 5.74) is 3.55. The third kappa shape index (κ3) is 7.16. The fourth-order valence-electron chi connectivity index (χ4n) is 4.44. The number of amides is 2. The van der Waals surface area contributed by atoms with Gasteiger partial charge in [-0.25, -0.2) is 0 Å². The van der Waals surface area contributed by atoms with Gasteiger partial charge in [-0.3, -0.25) is 9.59 Å². The van der Waals surface area contributed by atoms with Gasteiger partial charge in [-0.15, -0.1) is 0 Å². The Hall–Kier alpha value is -3.32. The predicted molar refractivity (Wildman–Crippen MR) is 153 cm³/mol. The molecular formula is C30H31Cl2N3O3. The highest BCUT2D eigenvalue weighted by Gasteiger charge is 2.24. The van der Waals surface area contributed by atoms with Crippen molar-refractivity contribution >= 4 is 45.9 Å². The number of hydrogen-bond acceptors (Lipinski definition) is 3. The Morgan fingerprint density at radius 3 is 2.45 bits per heavy atom. The van der Waals surface area contributed by atoms with E-state index < -0.39 is 0 Å². The molecule has 0 saturated carbocycles. The summed E-state index contributed by atoms with van der Waals surface area (Å²) in [6.07, 6.45) is 3.27. The van der Waals surface area contributed by atoms with Crippen LogP contribution in [0.3, 0.4) is 0 Å². The van der Waals surface area contributed by atoms with E-state index in [9.17, 15) is 9.59 Å². The molecule has 0 spiro atoms. The van der Waals surface area contributed by atoms with Crippen LogP contribution in [0.25, 0.3) is 10.9 Å². The molecule has 1 aromatic heterocycles. The third-order valence-corrected chi connectivity index (χ3v) is 6.99. The van der Waals surface area contributed by atoms with E-state index in [2.05, 4.69) is 11.1 Å². The van der Waals surface area contributed by atoms with Gasteiger partial charge in [-0.2, -0.15) is 0 Å². The van der Waals surface area contributed by atoms with Gasteiger partial charge in [0.15, 0.2) is 0 Å². The number of nitrogens with zero attached hydrogens (tertiary/aromatic N) is 2. The first-order valence-corrected chi connectivity index (χ1v) is 13.3. The van der Waals surface area contributed by atoms with Crippen LogP contribution in [0.4, 0.5) is 0 Å². The summed E-state index contributed by atoms with van der Waals surface area (Å²) >= 11 is 12.4. The quantitative estimate of drug-likeness (QED) is 0.212. The Morgan fingerprint density at radius 1 is 0.921 bits per heavy atom. The van der Waals surface area contributed by atoms with Crippen LogP contribution in [0.1, 0.15) is 27.9 Å². The van der Waals surface area contributed by atoms with Crippen LogP contribution in [0, 0.1) is 0 Å². The lowest BCUT2D eigenvalue weighted by Gasteiger charge is -2.28. The summed E-state index contributed by atoms with van der Waals surface area (Å²) < 4.78 is 5.18. The number of halogens is 2. The minimum atomic E-state index is -0.313. The van der Waals surface area contributed by atoms with Crippen molar-refractivity contribution in [2.24, 2.45) is 0 Å². The monoisotopic (exact) mass is 551 g/mol. The van der Waals surface area contributed by atoms with Crippen molar-refractivity contribution in [2.75, 3.05) is 33.4 Å². The van der Waals surface area contributed by atoms with Crippen LogP contribution in [0.15, 0.2) is 79.0 Å². The molecule has 0 bridgehead atoms. The van der Waals surface area contributed by atoms with Crippen molar-refractivity contribution < 1.29 is 14.3 Å². The molecule has 8 heteroatoms. The molecule has 0 atom stereocenters. The number of H-pyrrole nitrogens is 1. The third-order valence-electron chi connectivity index (χ3n) is 6.45. The summed E-state index contributed by atoms with van der Waals surface area (Å²) in [6, 6.07) is 22.8. The molecule has 0 saturated heterocycles. The van der Waals surface area contributed by atoms with Crippen molar-refractivity contribution in [3.05, 3.63) is 106 Å². The van der Waals surface area contributed by atoms with Gasteiger partial charge >= 0.3 is 0 Å². The van der Waals surface area contributed by atoms with Crippen LogP contribution >= 0.6 is 23.2 Å². The maximum atomic E-state index is 13.7. The lowest BCUT2D eigenvalue weighted by atomic mass is 10.1. The maximum Gasteiger partial charge on any atom is 0.255 e. The van der Waals surface area contributed by atoms with E-state index in [0.717, 1.165) is 22.0 Å². The van der Waals surface area contributed by atoms with Crippen LogP contribution in [0.5, 0.6) is 0 Å². The highest BCUT2D eigenvalue weighted by molar-refractivity contribution is 6.36. The number of nitrogens with one attached hydrogen (secondary N) is 1. The number of fused-ring (bicyclic) bond motifs is 1. The number of benzene rings is 3. The van der Waals surface area contributed by atoms with Crippen molar-refractivity contribution in [1.82, 2.24) is 14.8 Å². The highest BCUT2D eigenvalue weighted by Crippen LogP contribution is 2.23. The molecule has 0 aliphatic carbocycles. The zero-order chi connectivity index (χ0) is 26.9. The van der Waals surface area contributed by atoms with Crippen LogP contribution < -0.4 is 0 Å². The molecule has 198 valence electrons. The molecule has 6 nitrogen and oxygen atoms in total. The first-order valence-electron chi connectivity index (χ1n) is 12.6. The molecule has 3 aromatic carbocycles. The Bertz CT molecular complexity index is 1370. The molecule has 1 heterocycles. The second-order valence-corrected chi connectivity index (χ2v) is 9.95. The van der Waals surface area contributed by atoms with Gasteiger partial charge in [0, 0.05) is 55.5 Å². The highest BCUT2D eigenvalue weighted by atomic mass is 35.5. The van der Waals surface area contributed by atoms with Gasteiger partial charge in [0.25, 0.3) is 5.91 Å². The van der Waals surface area contributed by atoms with Gasteiger partial charge in [0.05, 0.1) is 10.6 Å². The standard InChI is InChI=1S/C30H31Cl2N3O3/c1-38-17-7-15-35(30(37)26-13-12-24(31)18-27(26)32)21-29(36)34(20-22-8-3-2-4-9-22)16-14-23-19-33-28-11-6-5-10-25(23)28/h2-6,8-13,18-19,33H,7,14-17,20-21H2,1H3. The number of aromatic amines is 1. The number of carbonyl (C=O) groups is 2. The zero-order valence-electron chi connectivity index (χ0n) is 21.3. The molecule has 4 rings (SSSR count). The molecule has 0 aliphatic heterocycles. The summed E-state index contributed by atoms with van der Waals surface area (Å²) in [4.78, 5) is 33.9. The summed E-state index contributed by atoms with van der Waals surface area (Å²) in [6.45, 7) is 1.73. The molecular weight excluding hydrogens is 521 g/mol. The number of carbonyl (C=O) groups excluding carboxylic acids is 2. The second kappa shape index (κ2) is 13.5. The molecule has 4 aromatic rings. The summed E-state index contributed by atoms with van der Waals surface area (Å²) in [7, 11) is 1.61. The molecule has 0 fully saturated rings. The van der Waals surface area contributed by atoms with Gasteiger partial charge in [-0.1, -0.05) is 71.7 Å². The fraction of sp³-hybridized carbons (Fsp3) is 0.267. The van der Waals surface area contributed by atoms with E-state index in [1.54, 1.807) is 24.1 Å². The minimum absolute atomic E-state index is 0.0672. The Kier molecular flexibility index (Phi) is 9.82. The van der Waals surface area contributed by atoms with Gasteiger partial charge < -0.3 is 19.5 Å². The van der Waals surface area contributed by atoms with Gasteiger partial charge in [0.1, 0.15) is 6.54 Å². The number of ether oxygens (including phenoxy) is 1. The van der Waals surface area contributed by atoms with Crippen molar-refractivity contribution in [3.63, 3.8) is 0 Å². The molecule has 38 heavy (non-hydrogen) atoms. The Morgan fingerprint density at radius 2 is 1.68 bits per heavy atom. The van der Waals surface area contributed by atoms with E-state index in [-0.39, 0.29) is 23.4 Å². The van der Waals surface area contributed by atoms with Crippen LogP contribution in [-0.2, 0) is 22.5 Å². The van der Waals surface area contributed by atoms with E-state index >= 15 is 0 Å². The van der Waals surface area contributed by atoms with E-state index in [1.807, 2.05) is 59.6 Å². The Balaban J connectivity index is 1.54. The number of hydrogen-bond donors (Lipinski definition) is 1. The van der Waals surface area contributed by atoms with Crippen molar-refractivity contribution in [1.29, 1.82) is 0 Å². The number of rotatable bonds is 12. The van der Waals surface area contributed by atoms with Crippen molar-refractivity contribution in [3.8, 4) is 0 Å². The Labute approximate surface area is 233 Å². The largest absolute Gasteiger partial charge is 0.385 e. The average Bonchev–Trinajstić information content (AvgIpc) is 3.34. The van der Waals surface area contributed by atoms with E-state index in [4.69, 9.17) is 27.9 Å². The van der Waals surface area contributed by atoms with Gasteiger partial charge in [-0.05, 0) is 48.2 Å². The first-order chi connectivity index (χ1) is 18.5. The van der Waals surface area contributed by atoms with E-state index in [0.29, 0.717) is 49.7 Å². The number of para-hydroxylation sites is 1. The SMILES string of the molecule is COCCCN(CC(=O)N(CCc1c[nH]c2ccccc12)Cc1ccccc1)C(=O)c1ccc(Cl)cc1Cl. The fourth-order valence-corrected chi connectivity index (χ4v) is 4.93. The topological polar surface area (TPSA) is 65.6 Å². The zero-order valence-corrected chi connectivity index (χ0v) is 22.8. The summed E-state index contributed by atoms with van der Waals surface area (Å²) in [5.74, 6) is -0.447. The maximum absolute atomic E-state index is 13.7. The lowest BCUT2D eigenvalue weighted by molar-refractivity contribution is -0.132. The molecule has 0 radical (unpaired) electrons. The first kappa shape index (κ1) is 27.7. The van der Waals surface area contributed by atoms with Gasteiger partial charge in [0.2, 0.25) is 5.91 Å². The number of aromatic nitrogens is 1. The smallest absolute Gasteiger partial charge is 0.255 e. The van der Waals surface area contributed by atoms with Crippen LogP contribution in [0.2, 0.25) is 10.0 Å². The van der Waals surface area contributed by atoms with Crippen LogP contribution in [-0.4, -0.2) is 59.9 Å². The summed E-state index contributed by atoms with van der Waals surface area (Å²) in [5, 5.41) is 1.85. The average molecular weight is 553 g/mol.